The Hall–Kier alpha value is -2.81. The molecular formula is C49H76O3. The molecule has 0 amide bonds. The van der Waals surface area contributed by atoms with Crippen LogP contribution in [0.15, 0.2) is 58.7 Å². The molecule has 52 heavy (non-hydrogen) atoms. The van der Waals surface area contributed by atoms with Crippen LogP contribution in [0.25, 0.3) is 0 Å². The van der Waals surface area contributed by atoms with E-state index in [1.165, 1.54) is 92.9 Å². The highest BCUT2D eigenvalue weighted by Gasteiger charge is 2.35. The predicted octanol–water partition coefficient (Wildman–Crippen LogP) is 14.6. The topological polar surface area (TPSA) is 35.5 Å². The third kappa shape index (κ3) is 13.2. The van der Waals surface area contributed by atoms with Gasteiger partial charge in [-0.3, -0.25) is 0 Å². The van der Waals surface area contributed by atoms with Crippen LogP contribution in [-0.2, 0) is 11.2 Å². The van der Waals surface area contributed by atoms with E-state index in [1.807, 2.05) is 19.1 Å². The van der Waals surface area contributed by atoms with Gasteiger partial charge in [0.2, 0.25) is 0 Å². The summed E-state index contributed by atoms with van der Waals surface area (Å²) >= 11 is 0. The zero-order valence-corrected chi connectivity index (χ0v) is 35.8. The molecule has 1 aliphatic heterocycles. The van der Waals surface area contributed by atoms with Crippen LogP contribution >= 0.6 is 0 Å². The first-order valence-corrected chi connectivity index (χ1v) is 20.9. The van der Waals surface area contributed by atoms with E-state index in [4.69, 9.17) is 9.47 Å². The second kappa shape index (κ2) is 20.0. The van der Waals surface area contributed by atoms with Crippen LogP contribution in [0, 0.1) is 43.9 Å². The third-order valence-corrected chi connectivity index (χ3v) is 12.2. The normalized spacial score (nSPS) is 20.8. The van der Waals surface area contributed by atoms with Crippen molar-refractivity contribution in [1.29, 1.82) is 0 Å². The molecule has 0 N–H and O–H groups in total. The van der Waals surface area contributed by atoms with Gasteiger partial charge in [0.1, 0.15) is 17.1 Å². The van der Waals surface area contributed by atoms with E-state index < -0.39 is 0 Å². The first kappa shape index (κ1) is 43.6. The first-order chi connectivity index (χ1) is 24.4. The van der Waals surface area contributed by atoms with Crippen LogP contribution in [0.5, 0.6) is 11.5 Å². The van der Waals surface area contributed by atoms with Crippen molar-refractivity contribution >= 4 is 5.97 Å². The van der Waals surface area contributed by atoms with Gasteiger partial charge in [0.15, 0.2) is 0 Å². The van der Waals surface area contributed by atoms with E-state index in [2.05, 4.69) is 101 Å². The number of carbonyl (C=O) groups excluding carboxylic acids is 1. The Bertz CT molecular complexity index is 1510. The number of fused-ring (bicyclic) bond motifs is 1. The van der Waals surface area contributed by atoms with Crippen molar-refractivity contribution in [2.75, 3.05) is 0 Å². The van der Waals surface area contributed by atoms with Crippen molar-refractivity contribution in [3.63, 3.8) is 0 Å². The molecule has 3 unspecified atom stereocenters. The van der Waals surface area contributed by atoms with Gasteiger partial charge in [-0.1, -0.05) is 128 Å². The maximum absolute atomic E-state index is 13.1. The van der Waals surface area contributed by atoms with E-state index in [0.717, 1.165) is 65.0 Å². The molecule has 0 saturated heterocycles. The van der Waals surface area contributed by atoms with Crippen molar-refractivity contribution in [1.82, 2.24) is 0 Å². The average molecular weight is 713 g/mol. The molecule has 290 valence electrons. The lowest BCUT2D eigenvalue weighted by Gasteiger charge is -2.38. The molecule has 3 nitrogen and oxygen atoms in total. The number of esters is 1. The maximum Gasteiger partial charge on any atom is 0.336 e. The van der Waals surface area contributed by atoms with Gasteiger partial charge in [0.25, 0.3) is 0 Å². The molecule has 2 aliphatic rings. The standard InChI is InChI=1S/C49H76O3/c1-34(2)19-14-20-35(3)21-15-22-36(4)25-17-31-49(13)32-29-43-42(10)46(40(8)41(9)47(43)52-49)51-45(50)33-38(6)24-16-23-37(5)27-28-44-39(7)26-18-30-48(44,11)12/h16,23-24,27-28,33-36H,14-15,17-22,25-26,29-32H2,1-13H3. The zero-order chi connectivity index (χ0) is 38.6. The number of rotatable bonds is 18. The van der Waals surface area contributed by atoms with Crippen molar-refractivity contribution < 1.29 is 14.3 Å². The van der Waals surface area contributed by atoms with Crippen LogP contribution < -0.4 is 9.47 Å². The van der Waals surface area contributed by atoms with E-state index in [9.17, 15) is 4.79 Å². The van der Waals surface area contributed by atoms with Crippen LogP contribution in [-0.4, -0.2) is 11.6 Å². The lowest BCUT2D eigenvalue weighted by molar-refractivity contribution is -0.129. The summed E-state index contributed by atoms with van der Waals surface area (Å²) in [5.41, 5.74) is 9.38. The summed E-state index contributed by atoms with van der Waals surface area (Å²) in [5, 5.41) is 0. The molecule has 0 fully saturated rings. The smallest absolute Gasteiger partial charge is 0.336 e. The molecule has 3 atom stereocenters. The number of hydrogen-bond donors (Lipinski definition) is 0. The van der Waals surface area contributed by atoms with Crippen LogP contribution in [0.2, 0.25) is 0 Å². The van der Waals surface area contributed by atoms with Crippen LogP contribution in [0.1, 0.15) is 175 Å². The van der Waals surface area contributed by atoms with Gasteiger partial charge in [0, 0.05) is 11.6 Å². The average Bonchev–Trinajstić information content (AvgIpc) is 3.05. The summed E-state index contributed by atoms with van der Waals surface area (Å²) < 4.78 is 12.9. The van der Waals surface area contributed by atoms with E-state index >= 15 is 0 Å². The Morgan fingerprint density at radius 1 is 0.788 bits per heavy atom. The molecule has 0 aromatic heterocycles. The minimum absolute atomic E-state index is 0.156. The number of carbonyl (C=O) groups is 1. The molecule has 1 aliphatic carbocycles. The minimum Gasteiger partial charge on any atom is -0.487 e. The summed E-state index contributed by atoms with van der Waals surface area (Å²) in [4.78, 5) is 13.1. The van der Waals surface area contributed by atoms with Crippen molar-refractivity contribution in [2.45, 2.75) is 186 Å². The SMILES string of the molecule is CC(C=CC1=C(C)CCCC1(C)C)=CC=CC(C)=CC(=O)Oc1c(C)c(C)c2c(c1C)CCC(C)(CCCC(C)CCCC(C)CCCC(C)C)O2. The molecule has 1 heterocycles. The van der Waals surface area contributed by atoms with Gasteiger partial charge in [-0.15, -0.1) is 0 Å². The number of hydrogen-bond acceptors (Lipinski definition) is 3. The quantitative estimate of drug-likeness (QED) is 0.0658. The van der Waals surface area contributed by atoms with E-state index in [1.54, 1.807) is 6.08 Å². The lowest BCUT2D eigenvalue weighted by atomic mass is 9.72. The highest BCUT2D eigenvalue weighted by atomic mass is 16.5. The van der Waals surface area contributed by atoms with Gasteiger partial charge < -0.3 is 9.47 Å². The lowest BCUT2D eigenvalue weighted by Crippen LogP contribution is -2.37. The Balaban J connectivity index is 1.54. The number of benzene rings is 1. The molecule has 0 bridgehead atoms. The van der Waals surface area contributed by atoms with E-state index in [-0.39, 0.29) is 17.0 Å². The molecule has 3 heteroatoms. The zero-order valence-electron chi connectivity index (χ0n) is 35.8. The van der Waals surface area contributed by atoms with Gasteiger partial charge in [-0.05, 0) is 144 Å². The fourth-order valence-corrected chi connectivity index (χ4v) is 8.41. The van der Waals surface area contributed by atoms with Crippen LogP contribution in [0.3, 0.4) is 0 Å². The Labute approximate surface area is 320 Å². The molecule has 0 radical (unpaired) electrons. The molecule has 1 aromatic carbocycles. The molecule has 3 rings (SSSR count). The fourth-order valence-electron chi connectivity index (χ4n) is 8.41. The summed E-state index contributed by atoms with van der Waals surface area (Å²) in [6.07, 6.45) is 29.5. The monoisotopic (exact) mass is 713 g/mol. The highest BCUT2D eigenvalue weighted by molar-refractivity contribution is 5.86. The second-order valence-electron chi connectivity index (χ2n) is 18.3. The fraction of sp³-hybridized carbons (Fsp3) is 0.653. The largest absolute Gasteiger partial charge is 0.487 e. The number of allylic oxidation sites excluding steroid dienone is 9. The summed E-state index contributed by atoms with van der Waals surface area (Å²) in [6.45, 7) is 29.1. The van der Waals surface area contributed by atoms with Gasteiger partial charge in [-0.25, -0.2) is 4.79 Å². The van der Waals surface area contributed by atoms with Crippen molar-refractivity contribution in [3.8, 4) is 11.5 Å². The second-order valence-corrected chi connectivity index (χ2v) is 18.3. The van der Waals surface area contributed by atoms with Gasteiger partial charge in [-0.2, -0.15) is 0 Å². The van der Waals surface area contributed by atoms with Gasteiger partial charge >= 0.3 is 5.97 Å². The van der Waals surface area contributed by atoms with Crippen molar-refractivity contribution in [2.24, 2.45) is 23.2 Å². The predicted molar refractivity (Wildman–Crippen MR) is 224 cm³/mol. The molecular weight excluding hydrogens is 637 g/mol. The van der Waals surface area contributed by atoms with Crippen LogP contribution in [0.4, 0.5) is 0 Å². The number of ether oxygens (including phenoxy) is 2. The minimum atomic E-state index is -0.341. The Morgan fingerprint density at radius 2 is 1.42 bits per heavy atom. The van der Waals surface area contributed by atoms with E-state index in [0.29, 0.717) is 5.75 Å². The third-order valence-electron chi connectivity index (χ3n) is 12.2. The molecule has 0 spiro atoms. The highest BCUT2D eigenvalue weighted by Crippen LogP contribution is 2.45. The van der Waals surface area contributed by atoms with Crippen molar-refractivity contribution in [3.05, 3.63) is 81.0 Å². The summed E-state index contributed by atoms with van der Waals surface area (Å²) in [7, 11) is 0. The first-order valence-electron chi connectivity index (χ1n) is 20.9. The summed E-state index contributed by atoms with van der Waals surface area (Å²) in [6, 6.07) is 0. The Morgan fingerprint density at radius 3 is 2.06 bits per heavy atom. The maximum atomic E-state index is 13.1. The van der Waals surface area contributed by atoms with Gasteiger partial charge in [0.05, 0.1) is 0 Å². The molecule has 1 aromatic rings. The Kier molecular flexibility index (Phi) is 16.8. The summed E-state index contributed by atoms with van der Waals surface area (Å²) in [5.74, 6) is 3.80. The molecule has 0 saturated carbocycles.